The number of aromatic amines is 1. The summed E-state index contributed by atoms with van der Waals surface area (Å²) in [7, 11) is 0. The van der Waals surface area contributed by atoms with Crippen LogP contribution in [0.5, 0.6) is 0 Å². The SMILES string of the molecule is Cl.O=C(c1c[nH]n2c(=O)cc(-c3ccccc3)nc12)N1CCN(c2ccccc2)CC1. The Bertz CT molecular complexity index is 1250. The molecule has 0 aliphatic carbocycles. The molecule has 0 bridgehead atoms. The predicted molar refractivity (Wildman–Crippen MR) is 123 cm³/mol. The number of amides is 1. The van der Waals surface area contributed by atoms with Gasteiger partial charge in [0.25, 0.3) is 11.5 Å². The molecule has 1 amide bonds. The van der Waals surface area contributed by atoms with E-state index < -0.39 is 0 Å². The van der Waals surface area contributed by atoms with Gasteiger partial charge in [-0.1, -0.05) is 48.5 Å². The number of hydrogen-bond donors (Lipinski definition) is 1. The summed E-state index contributed by atoms with van der Waals surface area (Å²) in [5, 5.41) is 2.87. The molecule has 1 aliphatic heterocycles. The molecule has 31 heavy (non-hydrogen) atoms. The lowest BCUT2D eigenvalue weighted by Gasteiger charge is -2.36. The fourth-order valence-electron chi connectivity index (χ4n) is 3.87. The van der Waals surface area contributed by atoms with Crippen molar-refractivity contribution in [1.82, 2.24) is 19.5 Å². The Morgan fingerprint density at radius 2 is 1.55 bits per heavy atom. The second kappa shape index (κ2) is 8.65. The molecular formula is C23H22ClN5O2. The van der Waals surface area contributed by atoms with E-state index in [0.717, 1.165) is 24.3 Å². The maximum absolute atomic E-state index is 13.2. The number of benzene rings is 2. The van der Waals surface area contributed by atoms with Crippen LogP contribution in [0.4, 0.5) is 5.69 Å². The third-order valence-electron chi connectivity index (χ3n) is 5.49. The van der Waals surface area contributed by atoms with Crippen LogP contribution in [0.3, 0.4) is 0 Å². The number of nitrogens with zero attached hydrogens (tertiary/aromatic N) is 4. The van der Waals surface area contributed by atoms with Crippen LogP contribution in [0.15, 0.2) is 77.7 Å². The van der Waals surface area contributed by atoms with Gasteiger partial charge in [-0.2, -0.15) is 0 Å². The molecule has 1 saturated heterocycles. The van der Waals surface area contributed by atoms with Gasteiger partial charge in [-0.3, -0.25) is 14.7 Å². The van der Waals surface area contributed by atoms with Crippen molar-refractivity contribution in [3.63, 3.8) is 0 Å². The Morgan fingerprint density at radius 1 is 0.903 bits per heavy atom. The maximum Gasteiger partial charge on any atom is 0.273 e. The first-order chi connectivity index (χ1) is 14.7. The Hall–Kier alpha value is -3.58. The molecule has 0 unspecified atom stereocenters. The molecule has 4 aromatic rings. The highest BCUT2D eigenvalue weighted by Crippen LogP contribution is 2.20. The summed E-state index contributed by atoms with van der Waals surface area (Å²) in [6.07, 6.45) is 1.57. The van der Waals surface area contributed by atoms with E-state index in [2.05, 4.69) is 27.1 Å². The number of nitrogens with one attached hydrogen (secondary N) is 1. The molecule has 5 rings (SSSR count). The number of para-hydroxylation sites is 1. The smallest absolute Gasteiger partial charge is 0.273 e. The van der Waals surface area contributed by atoms with E-state index in [1.807, 2.05) is 53.4 Å². The lowest BCUT2D eigenvalue weighted by molar-refractivity contribution is 0.0748. The molecule has 0 saturated carbocycles. The van der Waals surface area contributed by atoms with Gasteiger partial charge in [0.05, 0.1) is 5.69 Å². The Labute approximate surface area is 185 Å². The first-order valence-corrected chi connectivity index (χ1v) is 9.96. The Morgan fingerprint density at radius 3 is 2.23 bits per heavy atom. The first-order valence-electron chi connectivity index (χ1n) is 9.96. The number of carbonyl (C=O) groups is 1. The van der Waals surface area contributed by atoms with Gasteiger partial charge in [0.2, 0.25) is 0 Å². The zero-order chi connectivity index (χ0) is 20.5. The van der Waals surface area contributed by atoms with Gasteiger partial charge in [0.15, 0.2) is 5.65 Å². The molecule has 2 aromatic heterocycles. The third-order valence-corrected chi connectivity index (χ3v) is 5.49. The molecule has 8 heteroatoms. The number of anilines is 1. The summed E-state index contributed by atoms with van der Waals surface area (Å²) in [5.74, 6) is -0.112. The van der Waals surface area contributed by atoms with Crippen molar-refractivity contribution in [1.29, 1.82) is 0 Å². The summed E-state index contributed by atoms with van der Waals surface area (Å²) in [6, 6.07) is 21.2. The lowest BCUT2D eigenvalue weighted by atomic mass is 10.1. The highest BCUT2D eigenvalue weighted by atomic mass is 35.5. The fraction of sp³-hybridized carbons (Fsp3) is 0.174. The maximum atomic E-state index is 13.2. The van der Waals surface area contributed by atoms with Crippen molar-refractivity contribution < 1.29 is 4.79 Å². The molecule has 0 atom stereocenters. The van der Waals surface area contributed by atoms with Crippen molar-refractivity contribution in [3.8, 4) is 11.3 Å². The standard InChI is InChI=1S/C23H21N5O2.ClH/c29-21-15-20(17-7-3-1-4-8-17)25-22-19(16-24-28(21)22)23(30)27-13-11-26(12-14-27)18-9-5-2-6-10-18;/h1-10,15-16,24H,11-14H2;1H. The molecule has 3 heterocycles. The molecule has 1 N–H and O–H groups in total. The Balaban J connectivity index is 0.00000231. The largest absolute Gasteiger partial charge is 0.368 e. The van der Waals surface area contributed by atoms with Gasteiger partial charge in [-0.05, 0) is 12.1 Å². The predicted octanol–water partition coefficient (Wildman–Crippen LogP) is 3.07. The van der Waals surface area contributed by atoms with Gasteiger partial charge in [-0.25, -0.2) is 9.50 Å². The van der Waals surface area contributed by atoms with Crippen LogP contribution in [0, 0.1) is 0 Å². The van der Waals surface area contributed by atoms with Crippen LogP contribution in [0.2, 0.25) is 0 Å². The molecular weight excluding hydrogens is 414 g/mol. The number of fused-ring (bicyclic) bond motifs is 1. The van der Waals surface area contributed by atoms with Crippen LogP contribution >= 0.6 is 12.4 Å². The first kappa shape index (κ1) is 20.7. The minimum atomic E-state index is -0.244. The average molecular weight is 436 g/mol. The van der Waals surface area contributed by atoms with Crippen molar-refractivity contribution in [2.45, 2.75) is 0 Å². The highest BCUT2D eigenvalue weighted by Gasteiger charge is 2.25. The zero-order valence-corrected chi connectivity index (χ0v) is 17.6. The van der Waals surface area contributed by atoms with E-state index in [4.69, 9.17) is 0 Å². The lowest BCUT2D eigenvalue weighted by Crippen LogP contribution is -2.48. The number of piperazine rings is 1. The number of aromatic nitrogens is 3. The van der Waals surface area contributed by atoms with E-state index >= 15 is 0 Å². The fourth-order valence-corrected chi connectivity index (χ4v) is 3.87. The summed E-state index contributed by atoms with van der Waals surface area (Å²) >= 11 is 0. The van der Waals surface area contributed by atoms with Crippen molar-refractivity contribution in [2.75, 3.05) is 31.1 Å². The monoisotopic (exact) mass is 435 g/mol. The van der Waals surface area contributed by atoms with Crippen LogP contribution in [0.25, 0.3) is 16.9 Å². The van der Waals surface area contributed by atoms with Crippen LogP contribution in [-0.2, 0) is 0 Å². The molecule has 1 fully saturated rings. The molecule has 2 aromatic carbocycles. The minimum absolute atomic E-state index is 0. The summed E-state index contributed by atoms with van der Waals surface area (Å²) in [6.45, 7) is 2.77. The summed E-state index contributed by atoms with van der Waals surface area (Å²) in [4.78, 5) is 34.5. The van der Waals surface area contributed by atoms with Gasteiger partial charge in [-0.15, -0.1) is 12.4 Å². The second-order valence-corrected chi connectivity index (χ2v) is 7.31. The Kier molecular flexibility index (Phi) is 5.77. The van der Waals surface area contributed by atoms with Gasteiger partial charge < -0.3 is 9.80 Å². The molecule has 0 radical (unpaired) electrons. The van der Waals surface area contributed by atoms with Crippen molar-refractivity contribution in [3.05, 3.63) is 88.8 Å². The zero-order valence-electron chi connectivity index (χ0n) is 16.8. The number of halogens is 1. The van der Waals surface area contributed by atoms with E-state index in [0.29, 0.717) is 30.0 Å². The number of hydrogen-bond acceptors (Lipinski definition) is 4. The van der Waals surface area contributed by atoms with E-state index in [9.17, 15) is 9.59 Å². The second-order valence-electron chi connectivity index (χ2n) is 7.31. The topological polar surface area (TPSA) is 73.7 Å². The minimum Gasteiger partial charge on any atom is -0.368 e. The average Bonchev–Trinajstić information content (AvgIpc) is 3.24. The van der Waals surface area contributed by atoms with Crippen molar-refractivity contribution in [2.24, 2.45) is 0 Å². The van der Waals surface area contributed by atoms with Crippen LogP contribution < -0.4 is 10.5 Å². The molecule has 7 nitrogen and oxygen atoms in total. The van der Waals surface area contributed by atoms with Crippen LogP contribution in [0.1, 0.15) is 10.4 Å². The highest BCUT2D eigenvalue weighted by molar-refractivity contribution is 6.00. The number of carbonyl (C=O) groups excluding carboxylic acids is 1. The molecule has 1 aliphatic rings. The van der Waals surface area contributed by atoms with Gasteiger partial charge in [0, 0.05) is 49.7 Å². The number of rotatable bonds is 3. The van der Waals surface area contributed by atoms with Gasteiger partial charge >= 0.3 is 0 Å². The van der Waals surface area contributed by atoms with Gasteiger partial charge in [0.1, 0.15) is 5.56 Å². The van der Waals surface area contributed by atoms with E-state index in [1.54, 1.807) is 6.20 Å². The normalized spacial score (nSPS) is 13.8. The van der Waals surface area contributed by atoms with Crippen molar-refractivity contribution >= 4 is 29.6 Å². The molecule has 0 spiro atoms. The summed E-state index contributed by atoms with van der Waals surface area (Å²) < 4.78 is 1.32. The quantitative estimate of drug-likeness (QED) is 0.536. The van der Waals surface area contributed by atoms with E-state index in [1.165, 1.54) is 10.6 Å². The summed E-state index contributed by atoms with van der Waals surface area (Å²) in [5.41, 5.74) is 3.09. The van der Waals surface area contributed by atoms with Crippen LogP contribution in [-0.4, -0.2) is 51.6 Å². The third kappa shape index (κ3) is 3.92. The number of H-pyrrole nitrogens is 1. The molecule has 158 valence electrons. The van der Waals surface area contributed by atoms with E-state index in [-0.39, 0.29) is 23.9 Å².